The number of ketones is 1. The van der Waals surface area contributed by atoms with E-state index < -0.39 is 35.5 Å². The number of hydrogen-bond donors (Lipinski definition) is 3. The van der Waals surface area contributed by atoms with Crippen LogP contribution in [-0.2, 0) is 14.3 Å². The van der Waals surface area contributed by atoms with E-state index in [0.717, 1.165) is 30.0 Å². The zero-order valence-electron chi connectivity index (χ0n) is 22.2. The fraction of sp³-hybridized carbons (Fsp3) is 0.741. The molecule has 0 spiro atoms. The summed E-state index contributed by atoms with van der Waals surface area (Å²) in [7, 11) is 0. The lowest BCUT2D eigenvalue weighted by Gasteiger charge is -2.35. The fourth-order valence-electron chi connectivity index (χ4n) is 5.20. The third kappa shape index (κ3) is 6.76. The molecule has 2 aliphatic heterocycles. The van der Waals surface area contributed by atoms with Crippen molar-refractivity contribution in [1.82, 2.24) is 10.3 Å². The summed E-state index contributed by atoms with van der Waals surface area (Å²) in [6.07, 6.45) is 2.82. The molecule has 3 rings (SSSR count). The molecule has 1 aromatic rings. The predicted molar refractivity (Wildman–Crippen MR) is 143 cm³/mol. The van der Waals surface area contributed by atoms with E-state index in [1.807, 2.05) is 26.2 Å². The maximum absolute atomic E-state index is 13.4. The molecule has 3 N–H and O–H groups in total. The fourth-order valence-corrected chi connectivity index (χ4v) is 6.03. The number of aryl methyl sites for hydroxylation is 1. The number of fused-ring (bicyclic) bond motifs is 1. The zero-order valence-corrected chi connectivity index (χ0v) is 23.8. The SMILES string of the molecule is CCC1C(=O)C(C)(C)C(O)CC(=O)NC(C(Cl)=Cc2csc(C)n2)CC2OC2(C)CCCC(C)C1O. The number of ether oxygens (including phenoxy) is 1. The summed E-state index contributed by atoms with van der Waals surface area (Å²) in [5.41, 5.74) is -0.782. The van der Waals surface area contributed by atoms with Gasteiger partial charge in [0.1, 0.15) is 5.78 Å². The van der Waals surface area contributed by atoms with Crippen LogP contribution in [0.4, 0.5) is 0 Å². The van der Waals surface area contributed by atoms with Crippen molar-refractivity contribution in [3.63, 3.8) is 0 Å². The summed E-state index contributed by atoms with van der Waals surface area (Å²) >= 11 is 8.22. The van der Waals surface area contributed by atoms with E-state index in [4.69, 9.17) is 16.3 Å². The molecule has 36 heavy (non-hydrogen) atoms. The molecular formula is C27H41ClN2O5S. The van der Waals surface area contributed by atoms with Gasteiger partial charge >= 0.3 is 0 Å². The summed E-state index contributed by atoms with van der Waals surface area (Å²) in [5, 5.41) is 28.2. The van der Waals surface area contributed by atoms with E-state index in [2.05, 4.69) is 17.2 Å². The van der Waals surface area contributed by atoms with Crippen LogP contribution in [-0.4, -0.2) is 56.8 Å². The van der Waals surface area contributed by atoms with Crippen molar-refractivity contribution in [3.8, 4) is 0 Å². The first-order valence-corrected chi connectivity index (χ1v) is 14.2. The largest absolute Gasteiger partial charge is 0.392 e. The summed E-state index contributed by atoms with van der Waals surface area (Å²) in [6.45, 7) is 11.1. The molecule has 7 nitrogen and oxygen atoms in total. The molecule has 0 saturated carbocycles. The first kappa shape index (κ1) is 29.2. The number of carbonyl (C=O) groups excluding carboxylic acids is 2. The molecule has 2 fully saturated rings. The van der Waals surface area contributed by atoms with Crippen molar-refractivity contribution < 1.29 is 24.5 Å². The molecule has 0 aliphatic carbocycles. The molecule has 7 atom stereocenters. The maximum Gasteiger partial charge on any atom is 0.223 e. The van der Waals surface area contributed by atoms with Gasteiger partial charge in [0.25, 0.3) is 0 Å². The number of carbonyl (C=O) groups is 2. The van der Waals surface area contributed by atoms with Gasteiger partial charge in [-0.25, -0.2) is 4.98 Å². The summed E-state index contributed by atoms with van der Waals surface area (Å²) in [5.74, 6) is -1.29. The Hall–Kier alpha value is -1.32. The van der Waals surface area contributed by atoms with Gasteiger partial charge in [-0.15, -0.1) is 11.3 Å². The highest BCUT2D eigenvalue weighted by atomic mass is 35.5. The Balaban J connectivity index is 1.87. The molecule has 1 amide bonds. The minimum absolute atomic E-state index is 0.0680. The monoisotopic (exact) mass is 540 g/mol. The van der Waals surface area contributed by atoms with E-state index in [1.165, 1.54) is 11.3 Å². The van der Waals surface area contributed by atoms with Gasteiger partial charge in [0, 0.05) is 22.8 Å². The second-order valence-corrected chi connectivity index (χ2v) is 12.8. The number of thiazole rings is 1. The number of hydrogen-bond acceptors (Lipinski definition) is 7. The maximum atomic E-state index is 13.4. The smallest absolute Gasteiger partial charge is 0.223 e. The number of Topliss-reactive ketones (excluding diaryl/α,β-unsaturated/α-hetero) is 1. The average Bonchev–Trinajstić information content (AvgIpc) is 3.24. The average molecular weight is 541 g/mol. The van der Waals surface area contributed by atoms with Crippen LogP contribution in [0.25, 0.3) is 6.08 Å². The van der Waals surface area contributed by atoms with Crippen LogP contribution in [0.5, 0.6) is 0 Å². The third-order valence-electron chi connectivity index (χ3n) is 8.03. The second kappa shape index (κ2) is 11.6. The highest BCUT2D eigenvalue weighted by molar-refractivity contribution is 7.09. The van der Waals surface area contributed by atoms with Crippen LogP contribution in [0.2, 0.25) is 0 Å². The topological polar surface area (TPSA) is 112 Å². The number of rotatable bonds is 3. The van der Waals surface area contributed by atoms with Gasteiger partial charge < -0.3 is 20.3 Å². The second-order valence-electron chi connectivity index (χ2n) is 11.3. The molecule has 0 aromatic carbocycles. The lowest BCUT2D eigenvalue weighted by molar-refractivity contribution is -0.144. The van der Waals surface area contributed by atoms with Crippen molar-refractivity contribution in [2.75, 3.05) is 0 Å². The Bertz CT molecular complexity index is 979. The van der Waals surface area contributed by atoms with Crippen molar-refractivity contribution in [1.29, 1.82) is 0 Å². The summed E-state index contributed by atoms with van der Waals surface area (Å²) in [4.78, 5) is 30.9. The van der Waals surface area contributed by atoms with E-state index in [1.54, 1.807) is 19.9 Å². The lowest BCUT2D eigenvalue weighted by atomic mass is 9.71. The highest BCUT2D eigenvalue weighted by Gasteiger charge is 2.52. The van der Waals surface area contributed by atoms with Gasteiger partial charge in [-0.3, -0.25) is 9.59 Å². The van der Waals surface area contributed by atoms with Gasteiger partial charge in [0.2, 0.25) is 5.91 Å². The first-order chi connectivity index (χ1) is 16.8. The highest BCUT2D eigenvalue weighted by Crippen LogP contribution is 2.45. The van der Waals surface area contributed by atoms with Gasteiger partial charge in [-0.2, -0.15) is 0 Å². The Morgan fingerprint density at radius 1 is 1.33 bits per heavy atom. The van der Waals surface area contributed by atoms with Crippen LogP contribution < -0.4 is 5.32 Å². The van der Waals surface area contributed by atoms with Crippen LogP contribution in [0.1, 0.15) is 83.8 Å². The van der Waals surface area contributed by atoms with Crippen LogP contribution >= 0.6 is 22.9 Å². The predicted octanol–water partition coefficient (Wildman–Crippen LogP) is 4.62. The van der Waals surface area contributed by atoms with E-state index in [0.29, 0.717) is 17.9 Å². The molecular weight excluding hydrogens is 500 g/mol. The Kier molecular flexibility index (Phi) is 9.42. The van der Waals surface area contributed by atoms with Crippen molar-refractivity contribution in [2.45, 2.75) is 110 Å². The first-order valence-electron chi connectivity index (χ1n) is 12.9. The number of epoxide rings is 1. The Morgan fingerprint density at radius 2 is 2.03 bits per heavy atom. The number of halogens is 1. The molecule has 2 saturated heterocycles. The van der Waals surface area contributed by atoms with Crippen LogP contribution in [0.15, 0.2) is 10.4 Å². The summed E-state index contributed by atoms with van der Waals surface area (Å²) in [6, 6.07) is -0.504. The molecule has 202 valence electrons. The Morgan fingerprint density at radius 3 is 2.64 bits per heavy atom. The number of amides is 1. The van der Waals surface area contributed by atoms with E-state index in [9.17, 15) is 19.8 Å². The van der Waals surface area contributed by atoms with Crippen molar-refractivity contribution in [2.24, 2.45) is 17.3 Å². The molecule has 7 unspecified atom stereocenters. The Labute approximate surface area is 223 Å². The van der Waals surface area contributed by atoms with Crippen molar-refractivity contribution in [3.05, 3.63) is 21.1 Å². The number of aliphatic hydroxyl groups excluding tert-OH is 2. The van der Waals surface area contributed by atoms with Gasteiger partial charge in [0.15, 0.2) is 0 Å². The molecule has 3 heterocycles. The van der Waals surface area contributed by atoms with Gasteiger partial charge in [-0.1, -0.05) is 45.7 Å². The quantitative estimate of drug-likeness (QED) is 0.482. The molecule has 1 aromatic heterocycles. The van der Waals surface area contributed by atoms with Crippen LogP contribution in [0, 0.1) is 24.2 Å². The van der Waals surface area contributed by atoms with E-state index in [-0.39, 0.29) is 29.8 Å². The third-order valence-corrected chi connectivity index (χ3v) is 9.19. The van der Waals surface area contributed by atoms with Crippen molar-refractivity contribution >= 4 is 40.7 Å². The number of aromatic nitrogens is 1. The number of nitrogens with zero attached hydrogens (tertiary/aromatic N) is 1. The molecule has 9 heteroatoms. The molecule has 0 radical (unpaired) electrons. The standard InChI is InChI=1S/C27H41ClN2O5S/c1-7-18-24(33)15(2)9-8-10-27(6)22(35-27)12-20(19(28)11-17-14-36-16(3)29-17)30-23(32)13-21(31)26(4,5)25(18)34/h11,14-15,18,20-22,24,31,33H,7-10,12-13H2,1-6H3,(H,30,32). The summed E-state index contributed by atoms with van der Waals surface area (Å²) < 4.78 is 6.06. The zero-order chi connectivity index (χ0) is 26.8. The minimum Gasteiger partial charge on any atom is -0.392 e. The minimum atomic E-state index is -1.21. The van der Waals surface area contributed by atoms with Gasteiger partial charge in [-0.05, 0) is 45.1 Å². The number of nitrogens with one attached hydrogen (secondary N) is 1. The molecule has 0 bridgehead atoms. The molecule has 2 aliphatic rings. The lowest BCUT2D eigenvalue weighted by Crippen LogP contribution is -2.48. The van der Waals surface area contributed by atoms with E-state index >= 15 is 0 Å². The van der Waals surface area contributed by atoms with Gasteiger partial charge in [0.05, 0.1) is 52.5 Å². The normalized spacial score (nSPS) is 36.8. The van der Waals surface area contributed by atoms with Crippen LogP contribution in [0.3, 0.4) is 0 Å². The number of aliphatic hydroxyl groups is 2.